The fraction of sp³-hybridized carbons (Fsp3) is 0.500. The van der Waals surface area contributed by atoms with Crippen LogP contribution in [0.25, 0.3) is 0 Å². The summed E-state index contributed by atoms with van der Waals surface area (Å²) < 4.78 is 1.48. The zero-order valence-electron chi connectivity index (χ0n) is 7.65. The third kappa shape index (κ3) is 1.31. The molecule has 0 N–H and O–H groups in total. The van der Waals surface area contributed by atoms with Crippen molar-refractivity contribution in [2.45, 2.75) is 6.42 Å². The first kappa shape index (κ1) is 8.25. The molecule has 0 unspecified atom stereocenters. The summed E-state index contributed by atoms with van der Waals surface area (Å²) in [6.07, 6.45) is 2.62. The molecule has 0 amide bonds. The molecule has 2 heterocycles. The summed E-state index contributed by atoms with van der Waals surface area (Å²) in [6, 6.07) is 0. The molecule has 2 rings (SSSR count). The average Bonchev–Trinajstić information content (AvgIpc) is 2.09. The van der Waals surface area contributed by atoms with Gasteiger partial charge >= 0.3 is 5.69 Å². The fourth-order valence-electron chi connectivity index (χ4n) is 1.39. The van der Waals surface area contributed by atoms with Crippen molar-refractivity contribution < 1.29 is 4.84 Å². The Bertz CT molecular complexity index is 385. The molecule has 70 valence electrons. The van der Waals surface area contributed by atoms with E-state index in [4.69, 9.17) is 4.84 Å². The first-order valence-corrected chi connectivity index (χ1v) is 4.11. The maximum Gasteiger partial charge on any atom is 0.349 e. The van der Waals surface area contributed by atoms with Gasteiger partial charge in [-0.05, 0) is 0 Å². The van der Waals surface area contributed by atoms with Gasteiger partial charge < -0.3 is 4.57 Å². The maximum absolute atomic E-state index is 11.2. The Morgan fingerprint density at radius 2 is 2.31 bits per heavy atom. The molecule has 0 aliphatic carbocycles. The van der Waals surface area contributed by atoms with E-state index in [0.29, 0.717) is 12.4 Å². The van der Waals surface area contributed by atoms with Crippen molar-refractivity contribution in [1.82, 2.24) is 9.55 Å². The maximum atomic E-state index is 11.2. The van der Waals surface area contributed by atoms with Crippen LogP contribution in [-0.4, -0.2) is 23.2 Å². The lowest BCUT2D eigenvalue weighted by Gasteiger charge is -2.25. The van der Waals surface area contributed by atoms with E-state index < -0.39 is 0 Å². The summed E-state index contributed by atoms with van der Waals surface area (Å²) in [5.41, 5.74) is 0.798. The minimum atomic E-state index is -0.254. The summed E-state index contributed by atoms with van der Waals surface area (Å²) in [5.74, 6) is 0.634. The van der Waals surface area contributed by atoms with Crippen molar-refractivity contribution >= 4 is 5.82 Å². The molecule has 1 aromatic rings. The summed E-state index contributed by atoms with van der Waals surface area (Å²) in [7, 11) is 3.45. The molecule has 5 nitrogen and oxygen atoms in total. The van der Waals surface area contributed by atoms with Gasteiger partial charge in [0.1, 0.15) is 0 Å². The number of anilines is 1. The van der Waals surface area contributed by atoms with Crippen LogP contribution in [0.4, 0.5) is 5.82 Å². The third-order valence-electron chi connectivity index (χ3n) is 2.09. The van der Waals surface area contributed by atoms with Crippen LogP contribution in [0.2, 0.25) is 0 Å². The van der Waals surface area contributed by atoms with Gasteiger partial charge in [-0.3, -0.25) is 4.84 Å². The molecule has 1 aliphatic rings. The van der Waals surface area contributed by atoms with Crippen molar-refractivity contribution in [1.29, 1.82) is 0 Å². The molecule has 0 saturated carbocycles. The molecular weight excluding hydrogens is 170 g/mol. The average molecular weight is 181 g/mol. The lowest BCUT2D eigenvalue weighted by Crippen LogP contribution is -2.32. The molecule has 5 heteroatoms. The highest BCUT2D eigenvalue weighted by Gasteiger charge is 2.16. The topological polar surface area (TPSA) is 47.4 Å². The van der Waals surface area contributed by atoms with Crippen LogP contribution >= 0.6 is 0 Å². The minimum absolute atomic E-state index is 0.254. The van der Waals surface area contributed by atoms with E-state index in [1.165, 1.54) is 4.57 Å². The minimum Gasteiger partial charge on any atom is -0.302 e. The molecule has 0 bridgehead atoms. The highest BCUT2D eigenvalue weighted by Crippen LogP contribution is 2.19. The van der Waals surface area contributed by atoms with Crippen LogP contribution in [0.1, 0.15) is 5.56 Å². The fourth-order valence-corrected chi connectivity index (χ4v) is 1.39. The summed E-state index contributed by atoms with van der Waals surface area (Å²) in [5, 5.41) is 1.54. The van der Waals surface area contributed by atoms with Crippen LogP contribution in [0.3, 0.4) is 0 Å². The molecule has 1 aromatic heterocycles. The highest BCUT2D eigenvalue weighted by atomic mass is 16.7. The Morgan fingerprint density at radius 3 is 3.08 bits per heavy atom. The molecule has 1 aliphatic heterocycles. The van der Waals surface area contributed by atoms with E-state index in [1.54, 1.807) is 19.2 Å². The Balaban J connectivity index is 2.59. The molecule has 13 heavy (non-hydrogen) atoms. The predicted molar refractivity (Wildman–Crippen MR) is 47.5 cm³/mol. The predicted octanol–water partition coefficient (Wildman–Crippen LogP) is -0.296. The number of fused-ring (bicyclic) bond motifs is 1. The van der Waals surface area contributed by atoms with Crippen LogP contribution in [0.5, 0.6) is 0 Å². The van der Waals surface area contributed by atoms with Crippen LogP contribution in [0, 0.1) is 0 Å². The second kappa shape index (κ2) is 2.85. The Hall–Kier alpha value is -1.36. The van der Waals surface area contributed by atoms with Gasteiger partial charge in [0.2, 0.25) is 0 Å². The van der Waals surface area contributed by atoms with E-state index in [9.17, 15) is 4.79 Å². The Kier molecular flexibility index (Phi) is 1.81. The Morgan fingerprint density at radius 1 is 1.54 bits per heavy atom. The van der Waals surface area contributed by atoms with Gasteiger partial charge in [0, 0.05) is 32.3 Å². The van der Waals surface area contributed by atoms with Crippen molar-refractivity contribution in [2.24, 2.45) is 7.05 Å². The summed E-state index contributed by atoms with van der Waals surface area (Å²) >= 11 is 0. The van der Waals surface area contributed by atoms with Gasteiger partial charge in [0.15, 0.2) is 5.82 Å². The van der Waals surface area contributed by atoms with Gasteiger partial charge in [-0.25, -0.2) is 9.86 Å². The SMILES string of the molecule is CN1OCCc2cn(C)c(=O)nc21. The lowest BCUT2D eigenvalue weighted by molar-refractivity contribution is 0.111. The second-order valence-corrected chi connectivity index (χ2v) is 3.06. The van der Waals surface area contributed by atoms with Crippen molar-refractivity contribution in [3.05, 3.63) is 22.2 Å². The van der Waals surface area contributed by atoms with E-state index >= 15 is 0 Å². The first-order valence-electron chi connectivity index (χ1n) is 4.11. The molecule has 0 atom stereocenters. The second-order valence-electron chi connectivity index (χ2n) is 3.06. The number of hydrogen-bond donors (Lipinski definition) is 0. The van der Waals surface area contributed by atoms with E-state index in [2.05, 4.69) is 4.98 Å². The number of nitrogens with zero attached hydrogens (tertiary/aromatic N) is 3. The molecule has 0 fully saturated rings. The lowest BCUT2D eigenvalue weighted by atomic mass is 10.2. The van der Waals surface area contributed by atoms with Gasteiger partial charge in [0.05, 0.1) is 6.61 Å². The molecule has 0 aromatic carbocycles. The number of aromatic nitrogens is 2. The molecule has 0 saturated heterocycles. The van der Waals surface area contributed by atoms with Crippen LogP contribution < -0.4 is 10.8 Å². The number of hydrogen-bond acceptors (Lipinski definition) is 4. The largest absolute Gasteiger partial charge is 0.349 e. The zero-order chi connectivity index (χ0) is 9.42. The third-order valence-corrected chi connectivity index (χ3v) is 2.09. The Labute approximate surface area is 75.5 Å². The number of hydroxylamine groups is 1. The smallest absolute Gasteiger partial charge is 0.302 e. The number of aryl methyl sites for hydroxylation is 1. The standard InChI is InChI=1S/C8H11N3O2/c1-10-5-6-3-4-13-11(2)7(6)9-8(10)12/h5H,3-4H2,1-2H3. The van der Waals surface area contributed by atoms with E-state index in [0.717, 1.165) is 12.0 Å². The van der Waals surface area contributed by atoms with Gasteiger partial charge in [-0.2, -0.15) is 4.98 Å². The van der Waals surface area contributed by atoms with E-state index in [1.807, 2.05) is 6.20 Å². The zero-order valence-corrected chi connectivity index (χ0v) is 7.65. The van der Waals surface area contributed by atoms with Crippen LogP contribution in [-0.2, 0) is 18.3 Å². The van der Waals surface area contributed by atoms with Gasteiger partial charge in [0.25, 0.3) is 0 Å². The normalized spacial score (nSPS) is 15.7. The van der Waals surface area contributed by atoms with Crippen LogP contribution in [0.15, 0.2) is 11.0 Å². The monoisotopic (exact) mass is 181 g/mol. The number of rotatable bonds is 0. The van der Waals surface area contributed by atoms with Crippen molar-refractivity contribution in [3.8, 4) is 0 Å². The highest BCUT2D eigenvalue weighted by molar-refractivity contribution is 5.43. The quantitative estimate of drug-likeness (QED) is 0.551. The molecule has 0 spiro atoms. The van der Waals surface area contributed by atoms with Gasteiger partial charge in [-0.1, -0.05) is 0 Å². The molecule has 0 radical (unpaired) electrons. The summed E-state index contributed by atoms with van der Waals surface area (Å²) in [4.78, 5) is 20.3. The van der Waals surface area contributed by atoms with Crippen molar-refractivity contribution in [2.75, 3.05) is 18.7 Å². The van der Waals surface area contributed by atoms with Gasteiger partial charge in [-0.15, -0.1) is 0 Å². The molecular formula is C8H11N3O2. The van der Waals surface area contributed by atoms with Crippen molar-refractivity contribution in [3.63, 3.8) is 0 Å². The summed E-state index contributed by atoms with van der Waals surface area (Å²) in [6.45, 7) is 0.642. The van der Waals surface area contributed by atoms with E-state index in [-0.39, 0.29) is 5.69 Å². The first-order chi connectivity index (χ1) is 6.18.